The number of rotatable bonds is 4. The van der Waals surface area contributed by atoms with Crippen LogP contribution < -0.4 is 10.2 Å². The Labute approximate surface area is 128 Å². The topological polar surface area (TPSA) is 41.0 Å². The zero-order valence-corrected chi connectivity index (χ0v) is 13.2. The lowest BCUT2D eigenvalue weighted by Gasteiger charge is -2.37. The Bertz CT molecular complexity index is 416. The van der Waals surface area contributed by atoms with E-state index in [1.807, 2.05) is 18.5 Å². The molecule has 0 spiro atoms. The Morgan fingerprint density at radius 3 is 2.62 bits per heavy atom. The molecule has 0 radical (unpaired) electrons. The Hall–Kier alpha value is -1.16. The van der Waals surface area contributed by atoms with Gasteiger partial charge in [0.2, 0.25) is 5.95 Å². The molecular formula is C17H28N4. The molecule has 1 aromatic rings. The molecule has 2 heterocycles. The Morgan fingerprint density at radius 1 is 1.10 bits per heavy atom. The first-order valence-electron chi connectivity index (χ1n) is 8.61. The molecule has 0 amide bonds. The van der Waals surface area contributed by atoms with Gasteiger partial charge in [-0.15, -0.1) is 0 Å². The van der Waals surface area contributed by atoms with Crippen LogP contribution in [0.1, 0.15) is 51.9 Å². The minimum Gasteiger partial charge on any atom is -0.339 e. The fraction of sp³-hybridized carbons (Fsp3) is 0.765. The second-order valence-electron chi connectivity index (χ2n) is 6.69. The summed E-state index contributed by atoms with van der Waals surface area (Å²) >= 11 is 0. The van der Waals surface area contributed by atoms with Crippen LogP contribution in [0.15, 0.2) is 18.5 Å². The molecule has 3 rings (SSSR count). The summed E-state index contributed by atoms with van der Waals surface area (Å²) in [7, 11) is 0. The lowest BCUT2D eigenvalue weighted by molar-refractivity contribution is 0.253. The second-order valence-corrected chi connectivity index (χ2v) is 6.69. The van der Waals surface area contributed by atoms with Gasteiger partial charge in [0.1, 0.15) is 0 Å². The zero-order chi connectivity index (χ0) is 14.5. The molecular weight excluding hydrogens is 260 g/mol. The molecule has 1 aliphatic carbocycles. The monoisotopic (exact) mass is 288 g/mol. The third-order valence-electron chi connectivity index (χ3n) is 5.11. The molecule has 21 heavy (non-hydrogen) atoms. The van der Waals surface area contributed by atoms with Gasteiger partial charge in [-0.1, -0.05) is 19.3 Å². The van der Waals surface area contributed by atoms with Crippen molar-refractivity contribution < 1.29 is 0 Å². The molecule has 116 valence electrons. The Morgan fingerprint density at radius 2 is 1.86 bits per heavy atom. The molecule has 0 bridgehead atoms. The molecule has 1 saturated carbocycles. The Kier molecular flexibility index (Phi) is 5.07. The van der Waals surface area contributed by atoms with Crippen LogP contribution in [-0.4, -0.2) is 35.1 Å². The minimum absolute atomic E-state index is 0.583. The average Bonchev–Trinajstić information content (AvgIpc) is 2.57. The fourth-order valence-electron chi connectivity index (χ4n) is 3.89. The zero-order valence-electron chi connectivity index (χ0n) is 13.2. The first-order chi connectivity index (χ1) is 10.3. The van der Waals surface area contributed by atoms with Gasteiger partial charge in [-0.2, -0.15) is 0 Å². The van der Waals surface area contributed by atoms with Crippen LogP contribution in [0.4, 0.5) is 5.95 Å². The number of hydrogen-bond donors (Lipinski definition) is 1. The van der Waals surface area contributed by atoms with Crippen molar-refractivity contribution in [2.75, 3.05) is 18.0 Å². The smallest absolute Gasteiger partial charge is 0.225 e. The van der Waals surface area contributed by atoms with Crippen LogP contribution in [0.2, 0.25) is 0 Å². The maximum absolute atomic E-state index is 4.39. The first kappa shape index (κ1) is 14.8. The predicted molar refractivity (Wildman–Crippen MR) is 86.4 cm³/mol. The van der Waals surface area contributed by atoms with Crippen molar-refractivity contribution in [3.05, 3.63) is 18.5 Å². The molecule has 4 nitrogen and oxygen atoms in total. The normalized spacial score (nSPS) is 25.8. The number of anilines is 1. The van der Waals surface area contributed by atoms with Gasteiger partial charge >= 0.3 is 0 Å². The molecule has 1 aromatic heterocycles. The van der Waals surface area contributed by atoms with Crippen LogP contribution in [0.25, 0.3) is 0 Å². The number of piperidine rings is 1. The van der Waals surface area contributed by atoms with Crippen molar-refractivity contribution in [2.24, 2.45) is 5.92 Å². The second kappa shape index (κ2) is 7.21. The van der Waals surface area contributed by atoms with Crippen LogP contribution in [-0.2, 0) is 0 Å². The van der Waals surface area contributed by atoms with Gasteiger partial charge in [-0.25, -0.2) is 9.97 Å². The largest absolute Gasteiger partial charge is 0.339 e. The molecule has 1 saturated heterocycles. The van der Waals surface area contributed by atoms with Crippen molar-refractivity contribution in [3.63, 3.8) is 0 Å². The van der Waals surface area contributed by atoms with Gasteiger partial charge < -0.3 is 10.2 Å². The lowest BCUT2D eigenvalue weighted by atomic mass is 9.84. The third-order valence-corrected chi connectivity index (χ3v) is 5.11. The summed E-state index contributed by atoms with van der Waals surface area (Å²) in [6.07, 6.45) is 13.3. The average molecular weight is 288 g/mol. The van der Waals surface area contributed by atoms with Gasteiger partial charge in [-0.3, -0.25) is 0 Å². The van der Waals surface area contributed by atoms with E-state index in [2.05, 4.69) is 27.1 Å². The van der Waals surface area contributed by atoms with Gasteiger partial charge in [0.05, 0.1) is 0 Å². The molecule has 2 aliphatic rings. The van der Waals surface area contributed by atoms with Crippen LogP contribution in [0.3, 0.4) is 0 Å². The van der Waals surface area contributed by atoms with Crippen LogP contribution in [0.5, 0.6) is 0 Å². The Balaban J connectivity index is 1.53. The van der Waals surface area contributed by atoms with Crippen LogP contribution >= 0.6 is 0 Å². The molecule has 4 heteroatoms. The minimum atomic E-state index is 0.583. The van der Waals surface area contributed by atoms with E-state index in [1.54, 1.807) is 0 Å². The number of hydrogen-bond acceptors (Lipinski definition) is 4. The third kappa shape index (κ3) is 3.94. The SMILES string of the molecule is CC(NC1CCCN(c2ncccn2)C1)C1CCCCC1. The van der Waals surface area contributed by atoms with E-state index in [4.69, 9.17) is 0 Å². The van der Waals surface area contributed by atoms with E-state index < -0.39 is 0 Å². The summed E-state index contributed by atoms with van der Waals surface area (Å²) in [5.74, 6) is 1.76. The van der Waals surface area contributed by atoms with Crippen molar-refractivity contribution in [1.29, 1.82) is 0 Å². The molecule has 0 aromatic carbocycles. The first-order valence-corrected chi connectivity index (χ1v) is 8.61. The van der Waals surface area contributed by atoms with E-state index in [9.17, 15) is 0 Å². The summed E-state index contributed by atoms with van der Waals surface area (Å²) in [5, 5.41) is 3.89. The van der Waals surface area contributed by atoms with E-state index >= 15 is 0 Å². The van der Waals surface area contributed by atoms with E-state index in [-0.39, 0.29) is 0 Å². The highest BCUT2D eigenvalue weighted by atomic mass is 15.3. The molecule has 1 N–H and O–H groups in total. The summed E-state index contributed by atoms with van der Waals surface area (Å²) < 4.78 is 0. The highest BCUT2D eigenvalue weighted by molar-refractivity contribution is 5.29. The maximum Gasteiger partial charge on any atom is 0.225 e. The van der Waals surface area contributed by atoms with Crippen molar-refractivity contribution in [1.82, 2.24) is 15.3 Å². The standard InChI is InChI=1S/C17H28N4/c1-14(15-7-3-2-4-8-15)20-16-9-5-12-21(13-16)17-18-10-6-11-19-17/h6,10-11,14-16,20H,2-5,7-9,12-13H2,1H3. The number of nitrogens with one attached hydrogen (secondary N) is 1. The van der Waals surface area contributed by atoms with Crippen molar-refractivity contribution in [3.8, 4) is 0 Å². The summed E-state index contributed by atoms with van der Waals surface area (Å²) in [4.78, 5) is 11.1. The number of aromatic nitrogens is 2. The van der Waals surface area contributed by atoms with E-state index in [0.29, 0.717) is 12.1 Å². The fourth-order valence-corrected chi connectivity index (χ4v) is 3.89. The summed E-state index contributed by atoms with van der Waals surface area (Å²) in [6, 6.07) is 3.11. The van der Waals surface area contributed by atoms with Gasteiger partial charge in [-0.05, 0) is 44.6 Å². The predicted octanol–water partition coefficient (Wildman–Crippen LogP) is 3.00. The maximum atomic E-state index is 4.39. The van der Waals surface area contributed by atoms with Crippen LogP contribution in [0, 0.1) is 5.92 Å². The number of nitrogens with zero attached hydrogens (tertiary/aromatic N) is 3. The van der Waals surface area contributed by atoms with E-state index in [0.717, 1.165) is 25.0 Å². The molecule has 2 atom stereocenters. The highest BCUT2D eigenvalue weighted by Crippen LogP contribution is 2.27. The molecule has 1 aliphatic heterocycles. The molecule has 2 fully saturated rings. The molecule has 2 unspecified atom stereocenters. The van der Waals surface area contributed by atoms with E-state index in [1.165, 1.54) is 44.9 Å². The van der Waals surface area contributed by atoms with Gasteiger partial charge in [0.25, 0.3) is 0 Å². The van der Waals surface area contributed by atoms with Crippen molar-refractivity contribution in [2.45, 2.75) is 64.0 Å². The quantitative estimate of drug-likeness (QED) is 0.924. The van der Waals surface area contributed by atoms with Gasteiger partial charge in [0.15, 0.2) is 0 Å². The highest BCUT2D eigenvalue weighted by Gasteiger charge is 2.26. The van der Waals surface area contributed by atoms with Gasteiger partial charge in [0, 0.05) is 37.6 Å². The van der Waals surface area contributed by atoms with Crippen molar-refractivity contribution >= 4 is 5.95 Å². The lowest BCUT2D eigenvalue weighted by Crippen LogP contribution is -2.50. The summed E-state index contributed by atoms with van der Waals surface area (Å²) in [6.45, 7) is 4.51. The summed E-state index contributed by atoms with van der Waals surface area (Å²) in [5.41, 5.74) is 0.